The van der Waals surface area contributed by atoms with Crippen LogP contribution in [-0.2, 0) is 0 Å². The van der Waals surface area contributed by atoms with E-state index in [9.17, 15) is 9.59 Å². The van der Waals surface area contributed by atoms with Crippen molar-refractivity contribution in [2.75, 3.05) is 6.54 Å². The molecule has 0 atom stereocenters. The second kappa shape index (κ2) is 5.99. The highest BCUT2D eigenvalue weighted by atomic mass is 35.5. The van der Waals surface area contributed by atoms with Gasteiger partial charge in [0.25, 0.3) is 5.91 Å². The minimum atomic E-state index is -0.350. The molecule has 6 heteroatoms. The third kappa shape index (κ3) is 2.99. The zero-order valence-corrected chi connectivity index (χ0v) is 12.2. The summed E-state index contributed by atoms with van der Waals surface area (Å²) in [4.78, 5) is 30.9. The Kier molecular flexibility index (Phi) is 3.89. The van der Waals surface area contributed by atoms with E-state index in [1.807, 2.05) is 6.07 Å². The molecular weight excluding hydrogens is 302 g/mol. The van der Waals surface area contributed by atoms with Gasteiger partial charge in [-0.1, -0.05) is 41.9 Å². The minimum absolute atomic E-state index is 0.0583. The summed E-state index contributed by atoms with van der Waals surface area (Å²) in [6.07, 6.45) is 1.56. The summed E-state index contributed by atoms with van der Waals surface area (Å²) in [5, 5.41) is 3.75. The topological polar surface area (TPSA) is 74.8 Å². The first-order chi connectivity index (χ1) is 10.6. The molecule has 0 aliphatic carbocycles. The van der Waals surface area contributed by atoms with Gasteiger partial charge in [-0.2, -0.15) is 0 Å². The lowest BCUT2D eigenvalue weighted by molar-refractivity contribution is 0.0901. The molecule has 0 spiro atoms. The number of carbonyl (C=O) groups excluding carboxylic acids is 2. The Morgan fingerprint density at radius 1 is 1.18 bits per heavy atom. The maximum Gasteiger partial charge on any atom is 0.268 e. The number of aromatic amines is 1. The average molecular weight is 314 g/mol. The van der Waals surface area contributed by atoms with E-state index in [0.717, 1.165) is 5.39 Å². The predicted octanol–water partition coefficient (Wildman–Crippen LogP) is 2.83. The molecule has 2 N–H and O–H groups in total. The molecule has 110 valence electrons. The molecule has 1 amide bonds. The summed E-state index contributed by atoms with van der Waals surface area (Å²) >= 11 is 5.81. The molecule has 0 saturated carbocycles. The number of hydrogen-bond acceptors (Lipinski definition) is 3. The normalized spacial score (nSPS) is 10.6. The van der Waals surface area contributed by atoms with E-state index in [2.05, 4.69) is 15.3 Å². The molecule has 5 nitrogen and oxygen atoms in total. The van der Waals surface area contributed by atoms with Gasteiger partial charge in [-0.3, -0.25) is 9.59 Å². The third-order valence-corrected chi connectivity index (χ3v) is 3.43. The Balaban J connectivity index is 1.69. The van der Waals surface area contributed by atoms with Crippen LogP contribution >= 0.6 is 11.6 Å². The number of hydrogen-bond donors (Lipinski definition) is 2. The number of aromatic nitrogens is 2. The standard InChI is InChI=1S/C16H12ClN3O2/c17-15-7-11-6-12(20-13(11)8-18-15)16(22)19-9-14(21)10-4-2-1-3-5-10/h1-8,20H,9H2,(H,19,22). The number of nitrogens with one attached hydrogen (secondary N) is 2. The summed E-state index contributed by atoms with van der Waals surface area (Å²) in [6, 6.07) is 12.2. The lowest BCUT2D eigenvalue weighted by atomic mass is 10.1. The number of pyridine rings is 1. The van der Waals surface area contributed by atoms with Gasteiger partial charge in [-0.25, -0.2) is 4.98 Å². The van der Waals surface area contributed by atoms with Gasteiger partial charge in [0.05, 0.1) is 18.3 Å². The summed E-state index contributed by atoms with van der Waals surface area (Å²) in [5.74, 6) is -0.494. The summed E-state index contributed by atoms with van der Waals surface area (Å²) in [5.41, 5.74) is 1.64. The minimum Gasteiger partial charge on any atom is -0.349 e. The molecule has 0 aliphatic rings. The number of amides is 1. The van der Waals surface area contributed by atoms with Crippen LogP contribution in [0.15, 0.2) is 48.7 Å². The van der Waals surface area contributed by atoms with E-state index in [4.69, 9.17) is 11.6 Å². The van der Waals surface area contributed by atoms with E-state index in [1.165, 1.54) is 0 Å². The molecule has 22 heavy (non-hydrogen) atoms. The highest BCUT2D eigenvalue weighted by molar-refractivity contribution is 6.30. The van der Waals surface area contributed by atoms with E-state index in [1.54, 1.807) is 42.6 Å². The molecule has 3 rings (SSSR count). The molecule has 0 saturated heterocycles. The van der Waals surface area contributed by atoms with Gasteiger partial charge >= 0.3 is 0 Å². The molecule has 2 heterocycles. The second-order valence-corrected chi connectivity index (χ2v) is 5.14. The van der Waals surface area contributed by atoms with E-state index in [0.29, 0.717) is 21.9 Å². The molecule has 2 aromatic heterocycles. The SMILES string of the molecule is O=C(CNC(=O)c1cc2cc(Cl)ncc2[nH]1)c1ccccc1. The monoisotopic (exact) mass is 313 g/mol. The smallest absolute Gasteiger partial charge is 0.268 e. The van der Waals surface area contributed by atoms with Crippen molar-refractivity contribution in [3.05, 3.63) is 65.1 Å². The van der Waals surface area contributed by atoms with Crippen LogP contribution in [0.1, 0.15) is 20.8 Å². The highest BCUT2D eigenvalue weighted by Crippen LogP contribution is 2.17. The first-order valence-electron chi connectivity index (χ1n) is 6.64. The summed E-state index contributed by atoms with van der Waals surface area (Å²) in [7, 11) is 0. The van der Waals surface area contributed by atoms with Crippen molar-refractivity contribution < 1.29 is 9.59 Å². The average Bonchev–Trinajstić information content (AvgIpc) is 2.96. The Bertz CT molecular complexity index is 843. The molecular formula is C16H12ClN3O2. The van der Waals surface area contributed by atoms with Crippen LogP contribution in [0.3, 0.4) is 0 Å². The fourth-order valence-corrected chi connectivity index (χ4v) is 2.28. The third-order valence-electron chi connectivity index (χ3n) is 3.22. The van der Waals surface area contributed by atoms with Crippen LogP contribution in [0.25, 0.3) is 10.9 Å². The number of halogens is 1. The molecule has 3 aromatic rings. The molecule has 0 radical (unpaired) electrons. The number of carbonyl (C=O) groups is 2. The first kappa shape index (κ1) is 14.3. The van der Waals surface area contributed by atoms with Crippen LogP contribution in [0.4, 0.5) is 0 Å². The maximum absolute atomic E-state index is 12.1. The Hall–Kier alpha value is -2.66. The van der Waals surface area contributed by atoms with Gasteiger partial charge in [-0.05, 0) is 12.1 Å². The largest absolute Gasteiger partial charge is 0.349 e. The fraction of sp³-hybridized carbons (Fsp3) is 0.0625. The summed E-state index contributed by atoms with van der Waals surface area (Å²) < 4.78 is 0. The number of benzene rings is 1. The van der Waals surface area contributed by atoms with Crippen LogP contribution in [0, 0.1) is 0 Å². The maximum atomic E-state index is 12.1. The van der Waals surface area contributed by atoms with Gasteiger partial charge < -0.3 is 10.3 Å². The van der Waals surface area contributed by atoms with Gasteiger partial charge in [0.1, 0.15) is 10.8 Å². The van der Waals surface area contributed by atoms with Crippen LogP contribution in [0.2, 0.25) is 5.15 Å². The van der Waals surface area contributed by atoms with Crippen molar-refractivity contribution in [1.29, 1.82) is 0 Å². The fourth-order valence-electron chi connectivity index (χ4n) is 2.11. The number of rotatable bonds is 4. The second-order valence-electron chi connectivity index (χ2n) is 4.75. The zero-order valence-electron chi connectivity index (χ0n) is 11.5. The Labute approximate surface area is 131 Å². The van der Waals surface area contributed by atoms with Crippen molar-refractivity contribution in [3.8, 4) is 0 Å². The van der Waals surface area contributed by atoms with Crippen molar-refractivity contribution in [2.45, 2.75) is 0 Å². The van der Waals surface area contributed by atoms with Gasteiger partial charge in [-0.15, -0.1) is 0 Å². The number of ketones is 1. The Morgan fingerprint density at radius 2 is 1.95 bits per heavy atom. The van der Waals surface area contributed by atoms with Crippen molar-refractivity contribution in [1.82, 2.24) is 15.3 Å². The molecule has 0 fully saturated rings. The number of fused-ring (bicyclic) bond motifs is 1. The predicted molar refractivity (Wildman–Crippen MR) is 84.2 cm³/mol. The van der Waals surface area contributed by atoms with Crippen LogP contribution < -0.4 is 5.32 Å². The van der Waals surface area contributed by atoms with Gasteiger partial charge in [0, 0.05) is 10.9 Å². The van der Waals surface area contributed by atoms with Crippen molar-refractivity contribution in [3.63, 3.8) is 0 Å². The highest BCUT2D eigenvalue weighted by Gasteiger charge is 2.12. The Morgan fingerprint density at radius 3 is 2.73 bits per heavy atom. The molecule has 0 unspecified atom stereocenters. The van der Waals surface area contributed by atoms with Crippen molar-refractivity contribution in [2.24, 2.45) is 0 Å². The summed E-state index contributed by atoms with van der Waals surface area (Å²) in [6.45, 7) is -0.0583. The van der Waals surface area contributed by atoms with Crippen LogP contribution in [-0.4, -0.2) is 28.2 Å². The quantitative estimate of drug-likeness (QED) is 0.574. The van der Waals surface area contributed by atoms with Crippen LogP contribution in [0.5, 0.6) is 0 Å². The lowest BCUT2D eigenvalue weighted by Gasteiger charge is -2.03. The van der Waals surface area contributed by atoms with E-state index in [-0.39, 0.29) is 18.2 Å². The van der Waals surface area contributed by atoms with E-state index < -0.39 is 0 Å². The van der Waals surface area contributed by atoms with E-state index >= 15 is 0 Å². The van der Waals surface area contributed by atoms with Gasteiger partial charge in [0.2, 0.25) is 0 Å². The van der Waals surface area contributed by atoms with Crippen molar-refractivity contribution >= 4 is 34.2 Å². The lowest BCUT2D eigenvalue weighted by Crippen LogP contribution is -2.29. The number of nitrogens with zero attached hydrogens (tertiary/aromatic N) is 1. The molecule has 0 bridgehead atoms. The molecule has 0 aliphatic heterocycles. The number of H-pyrrole nitrogens is 1. The number of Topliss-reactive ketones (excluding diaryl/α,β-unsaturated/α-hetero) is 1. The first-order valence-corrected chi connectivity index (χ1v) is 7.02. The molecule has 1 aromatic carbocycles. The zero-order chi connectivity index (χ0) is 15.5. The van der Waals surface area contributed by atoms with Gasteiger partial charge in [0.15, 0.2) is 5.78 Å².